The van der Waals surface area contributed by atoms with E-state index in [1.807, 2.05) is 6.07 Å². The molecule has 0 bridgehead atoms. The second kappa shape index (κ2) is 18.2. The minimum Gasteiger partial charge on any atom is -0.501 e. The molecule has 5 aromatic carbocycles. The van der Waals surface area contributed by atoms with E-state index in [1.54, 1.807) is 91.0 Å². The Kier molecular flexibility index (Phi) is 8.05. The fourth-order valence-electron chi connectivity index (χ4n) is 6.85. The number of nitrogens with zero attached hydrogens (tertiary/aromatic N) is 4. The normalized spacial score (nSPS) is 15.7. The van der Waals surface area contributed by atoms with Crippen LogP contribution in [-0.2, 0) is 58.5 Å². The van der Waals surface area contributed by atoms with Crippen molar-refractivity contribution in [2.24, 2.45) is 0 Å². The molecule has 60 heavy (non-hydrogen) atoms. The van der Waals surface area contributed by atoms with Crippen molar-refractivity contribution in [3.8, 4) is 39.8 Å². The van der Waals surface area contributed by atoms with Crippen LogP contribution < -0.4 is 0 Å². The zero-order valence-electron chi connectivity index (χ0n) is 45.8. The van der Waals surface area contributed by atoms with Crippen LogP contribution in [0.2, 0.25) is 0 Å². The van der Waals surface area contributed by atoms with Gasteiger partial charge in [-0.3, -0.25) is 0 Å². The molecule has 6 heteroatoms. The summed E-state index contributed by atoms with van der Waals surface area (Å²) in [6.45, 7) is -5.51. The first-order valence-electron chi connectivity index (χ1n) is 25.8. The number of nitriles is 1. The van der Waals surface area contributed by atoms with Crippen LogP contribution in [-0.4, -0.2) is 15.0 Å². The number of rotatable bonds is 12. The van der Waals surface area contributed by atoms with Gasteiger partial charge in [0.15, 0.2) is 0 Å². The predicted molar refractivity (Wildman–Crippen MR) is 236 cm³/mol. The van der Waals surface area contributed by atoms with Gasteiger partial charge < -0.3 is 19.4 Å². The van der Waals surface area contributed by atoms with Crippen molar-refractivity contribution in [3.05, 3.63) is 208 Å². The summed E-state index contributed by atoms with van der Waals surface area (Å²) >= 11 is 0. The molecule has 0 spiro atoms. The van der Waals surface area contributed by atoms with Crippen LogP contribution in [0.3, 0.4) is 0 Å². The van der Waals surface area contributed by atoms with E-state index in [0.29, 0.717) is 44.3 Å². The Hall–Kier alpha value is -6.51. The number of aromatic nitrogens is 3. The smallest absolute Gasteiger partial charge is 0.501 e. The summed E-state index contributed by atoms with van der Waals surface area (Å²) in [5.74, 6) is 0. The molecular weight excluding hydrogens is 913 g/mol. The Balaban J connectivity index is 0.00000729. The monoisotopic (exact) mass is 968 g/mol. The number of hydrogen-bond acceptors (Lipinski definition) is 5. The maximum Gasteiger partial charge on any atom is 3.00 e. The van der Waals surface area contributed by atoms with Gasteiger partial charge in [-0.15, -0.1) is 90.0 Å². The predicted octanol–water partition coefficient (Wildman–Crippen LogP) is 12.0. The van der Waals surface area contributed by atoms with E-state index >= 15 is 0 Å². The summed E-state index contributed by atoms with van der Waals surface area (Å²) in [7, 11) is 0. The van der Waals surface area contributed by atoms with Crippen LogP contribution in [0.25, 0.3) is 55.7 Å². The third-order valence-electron chi connectivity index (χ3n) is 9.77. The molecule has 9 aromatic rings. The number of furan rings is 1. The molecule has 0 saturated heterocycles. The molecule has 0 amide bonds. The summed E-state index contributed by atoms with van der Waals surface area (Å²) < 4.78 is 129. The molecule has 0 N–H and O–H groups in total. The second-order valence-electron chi connectivity index (χ2n) is 13.8. The Labute approximate surface area is 384 Å². The first-order valence-corrected chi connectivity index (χ1v) is 18.8. The summed E-state index contributed by atoms with van der Waals surface area (Å²) in [6, 6.07) is 39.8. The zero-order chi connectivity index (χ0) is 52.3. The van der Waals surface area contributed by atoms with Crippen molar-refractivity contribution in [2.45, 2.75) is 52.1 Å². The largest absolute Gasteiger partial charge is 3.00 e. The molecule has 0 unspecified atom stereocenters. The van der Waals surface area contributed by atoms with E-state index in [9.17, 15) is 13.5 Å². The van der Waals surface area contributed by atoms with Gasteiger partial charge in [-0.25, -0.2) is 0 Å². The van der Waals surface area contributed by atoms with Gasteiger partial charge in [0.05, 0.1) is 20.0 Å². The molecule has 0 atom stereocenters. The van der Waals surface area contributed by atoms with E-state index < -0.39 is 45.7 Å². The van der Waals surface area contributed by atoms with Crippen molar-refractivity contribution in [1.82, 2.24) is 15.0 Å². The molecule has 0 aliphatic rings. The van der Waals surface area contributed by atoms with Crippen molar-refractivity contribution in [3.63, 3.8) is 0 Å². The fraction of sp³-hybridized carbons (Fsp3) is 0.148. The molecule has 4 heterocycles. The molecule has 9 rings (SSSR count). The molecule has 0 saturated carbocycles. The van der Waals surface area contributed by atoms with Crippen molar-refractivity contribution in [2.75, 3.05) is 0 Å². The second-order valence-corrected chi connectivity index (χ2v) is 13.8. The van der Waals surface area contributed by atoms with Crippen molar-refractivity contribution >= 4 is 21.9 Å². The first-order chi connectivity index (χ1) is 34.4. The molecule has 5 nitrogen and oxygen atoms in total. The zero-order valence-corrected chi connectivity index (χ0v) is 34.2. The topological polar surface area (TPSA) is 75.6 Å². The van der Waals surface area contributed by atoms with Gasteiger partial charge in [0.1, 0.15) is 5.58 Å². The van der Waals surface area contributed by atoms with E-state index in [2.05, 4.69) is 33.2 Å². The Morgan fingerprint density at radius 1 is 0.650 bits per heavy atom. The third-order valence-corrected chi connectivity index (χ3v) is 9.77. The first kappa shape index (κ1) is 26.6. The Morgan fingerprint density at radius 2 is 1.27 bits per heavy atom. The molecular formula is C54H41IrN4O. The quantitative estimate of drug-likeness (QED) is 0.114. The van der Waals surface area contributed by atoms with E-state index in [4.69, 9.17) is 15.4 Å². The van der Waals surface area contributed by atoms with Gasteiger partial charge >= 0.3 is 20.1 Å². The number of benzene rings is 5. The minimum absolute atomic E-state index is 0. The summed E-state index contributed by atoms with van der Waals surface area (Å²) in [6.07, 6.45) is -4.32. The van der Waals surface area contributed by atoms with Crippen LogP contribution in [0.5, 0.6) is 0 Å². The summed E-state index contributed by atoms with van der Waals surface area (Å²) in [5.41, 5.74) is 2.83. The molecule has 0 aliphatic carbocycles. The molecule has 0 fully saturated rings. The fourth-order valence-corrected chi connectivity index (χ4v) is 6.85. The van der Waals surface area contributed by atoms with Crippen molar-refractivity contribution in [1.29, 1.82) is 5.26 Å². The number of fused-ring (bicyclic) bond motifs is 3. The SMILES string of the molecule is [2H]c1cc2c(oc3c(-c4ccc(C([2H])([2H])Cc5cc(CC([2H])([2H])c6cnc(-c7[c-]cccc7)cc6C([2H])([2H])[2H])cc(CC([2H])([2H])c6cnc(-c7[c-]cccc7)cc6C([2H])([2H])[2H])c5)cn4)[c-]ccc32)c([2H])c1C#N.[Ir+3]. The van der Waals surface area contributed by atoms with Crippen molar-refractivity contribution < 1.29 is 43.7 Å². The van der Waals surface area contributed by atoms with Gasteiger partial charge in [0.2, 0.25) is 0 Å². The molecule has 292 valence electrons. The van der Waals surface area contributed by atoms with Crippen LogP contribution in [0, 0.1) is 43.2 Å². The Morgan fingerprint density at radius 3 is 1.82 bits per heavy atom. The van der Waals surface area contributed by atoms with Crippen LogP contribution in [0.1, 0.15) is 69.3 Å². The van der Waals surface area contributed by atoms with Crippen LogP contribution >= 0.6 is 0 Å². The van der Waals surface area contributed by atoms with Gasteiger partial charge in [-0.2, -0.15) is 5.26 Å². The van der Waals surface area contributed by atoms with Crippen LogP contribution in [0.4, 0.5) is 0 Å². The average Bonchev–Trinajstić information content (AvgIpc) is 3.72. The average molecular weight is 968 g/mol. The standard InChI is InChI=1S/C54H41N4O.Ir/c1-36-26-51(43-10-5-3-6-11-43)57-34-45(36)22-18-40-28-39(29-41(30-40)19-23-46-35-58-52(27-37(46)2)44-12-7-4-8-13-44)17-16-38-21-25-50(56-33-38)49-15-9-14-48-47-24-20-42(32-55)31-53(47)59-54(48)49;/h3-10,12,14,20-21,24-31,33-35H,16-19,22-23H2,1-2H3;/q-3;+3/i1D3,2D3,16D2,20D,22D2,23D2,31D;. The van der Waals surface area contributed by atoms with Crippen LogP contribution in [0.15, 0.2) is 144 Å². The maximum atomic E-state index is 9.55. The number of hydrogen-bond donors (Lipinski definition) is 0. The van der Waals surface area contributed by atoms with Gasteiger partial charge in [0.25, 0.3) is 0 Å². The van der Waals surface area contributed by atoms with E-state index in [-0.39, 0.29) is 100 Å². The van der Waals surface area contributed by atoms with Gasteiger partial charge in [-0.1, -0.05) is 70.6 Å². The van der Waals surface area contributed by atoms with E-state index in [1.165, 1.54) is 36.8 Å². The van der Waals surface area contributed by atoms with Gasteiger partial charge in [-0.05, 0) is 115 Å². The minimum atomic E-state index is -2.75. The third kappa shape index (κ3) is 8.89. The number of aryl methyl sites for hydroxylation is 8. The summed E-state index contributed by atoms with van der Waals surface area (Å²) in [4.78, 5) is 13.5. The molecule has 0 radical (unpaired) electrons. The maximum absolute atomic E-state index is 9.55. The molecule has 4 aromatic heterocycles. The molecule has 0 aliphatic heterocycles. The number of pyridine rings is 3. The van der Waals surface area contributed by atoms with Gasteiger partial charge in [0, 0.05) is 40.4 Å². The Bertz CT molecular complexity index is 3460. The summed E-state index contributed by atoms with van der Waals surface area (Å²) in [5, 5.41) is 10.6. The van der Waals surface area contributed by atoms with E-state index in [0.717, 1.165) is 0 Å².